The van der Waals surface area contributed by atoms with E-state index in [-0.39, 0.29) is 17.2 Å². The molecule has 1 saturated heterocycles. The Morgan fingerprint density at radius 1 is 1.03 bits per heavy atom. The van der Waals surface area contributed by atoms with Gasteiger partial charge in [0.1, 0.15) is 0 Å². The van der Waals surface area contributed by atoms with Crippen molar-refractivity contribution in [3.8, 4) is 0 Å². The van der Waals surface area contributed by atoms with Gasteiger partial charge in [0.05, 0.1) is 5.56 Å². The van der Waals surface area contributed by atoms with Crippen LogP contribution in [0.1, 0.15) is 69.3 Å². The molecule has 2 amide bonds. The molecule has 2 aromatic carbocycles. The molecule has 172 valence electrons. The summed E-state index contributed by atoms with van der Waals surface area (Å²) in [6.07, 6.45) is 3.73. The number of hydrogen-bond donors (Lipinski definition) is 2. The van der Waals surface area contributed by atoms with Gasteiger partial charge in [-0.1, -0.05) is 58.0 Å². The van der Waals surface area contributed by atoms with Crippen molar-refractivity contribution in [3.63, 3.8) is 0 Å². The molecule has 1 unspecified atom stereocenters. The van der Waals surface area contributed by atoms with Crippen molar-refractivity contribution < 1.29 is 9.59 Å². The maximum absolute atomic E-state index is 13.1. The molecule has 5 heteroatoms. The van der Waals surface area contributed by atoms with Crippen LogP contribution in [0.15, 0.2) is 48.5 Å². The summed E-state index contributed by atoms with van der Waals surface area (Å²) in [4.78, 5) is 28.0. The summed E-state index contributed by atoms with van der Waals surface area (Å²) in [6, 6.07) is 15.6. The fourth-order valence-electron chi connectivity index (χ4n) is 4.55. The fourth-order valence-corrected chi connectivity index (χ4v) is 4.55. The summed E-state index contributed by atoms with van der Waals surface area (Å²) in [5.41, 5.74) is 3.48. The number of carbonyl (C=O) groups is 2. The first-order valence-corrected chi connectivity index (χ1v) is 11.7. The SMILES string of the molecule is CC(CC(=O)Nc1ccc(N2CCCC2)c(C(=O)NCc2ccccc2)c1)CC(C)(C)C. The third-order valence-electron chi connectivity index (χ3n) is 5.76. The normalized spacial score (nSPS) is 14.8. The summed E-state index contributed by atoms with van der Waals surface area (Å²) < 4.78 is 0. The van der Waals surface area contributed by atoms with Crippen LogP contribution in [0.25, 0.3) is 0 Å². The van der Waals surface area contributed by atoms with E-state index in [1.807, 2.05) is 48.5 Å². The van der Waals surface area contributed by atoms with E-state index in [1.54, 1.807) is 0 Å². The zero-order valence-electron chi connectivity index (χ0n) is 19.9. The maximum atomic E-state index is 13.1. The number of carbonyl (C=O) groups excluding carboxylic acids is 2. The van der Waals surface area contributed by atoms with Gasteiger partial charge in [-0.25, -0.2) is 0 Å². The summed E-state index contributed by atoms with van der Waals surface area (Å²) in [5.74, 6) is 0.173. The van der Waals surface area contributed by atoms with Gasteiger partial charge in [-0.3, -0.25) is 9.59 Å². The minimum absolute atomic E-state index is 0.00804. The summed E-state index contributed by atoms with van der Waals surface area (Å²) in [7, 11) is 0. The van der Waals surface area contributed by atoms with Crippen LogP contribution in [-0.4, -0.2) is 24.9 Å². The van der Waals surface area contributed by atoms with Crippen molar-refractivity contribution in [1.29, 1.82) is 0 Å². The quantitative estimate of drug-likeness (QED) is 0.566. The molecule has 0 bridgehead atoms. The van der Waals surface area contributed by atoms with E-state index in [0.717, 1.165) is 43.6 Å². The van der Waals surface area contributed by atoms with Gasteiger partial charge in [0.15, 0.2) is 0 Å². The van der Waals surface area contributed by atoms with Gasteiger partial charge in [-0.15, -0.1) is 0 Å². The molecule has 0 saturated carbocycles. The van der Waals surface area contributed by atoms with E-state index in [1.165, 1.54) is 0 Å². The minimum atomic E-state index is -0.118. The zero-order valence-corrected chi connectivity index (χ0v) is 19.9. The Bertz CT molecular complexity index is 912. The molecule has 32 heavy (non-hydrogen) atoms. The third kappa shape index (κ3) is 7.11. The Morgan fingerprint density at radius 3 is 2.38 bits per heavy atom. The highest BCUT2D eigenvalue weighted by Gasteiger charge is 2.21. The Balaban J connectivity index is 1.72. The van der Waals surface area contributed by atoms with Crippen molar-refractivity contribution in [2.45, 2.75) is 59.9 Å². The van der Waals surface area contributed by atoms with Crippen LogP contribution in [0.2, 0.25) is 0 Å². The number of nitrogens with one attached hydrogen (secondary N) is 2. The van der Waals surface area contributed by atoms with Crippen molar-refractivity contribution >= 4 is 23.2 Å². The predicted molar refractivity (Wildman–Crippen MR) is 132 cm³/mol. The second-order valence-electron chi connectivity index (χ2n) is 10.2. The molecule has 5 nitrogen and oxygen atoms in total. The van der Waals surface area contributed by atoms with Gasteiger partial charge >= 0.3 is 0 Å². The molecule has 0 aromatic heterocycles. The van der Waals surface area contributed by atoms with E-state index in [9.17, 15) is 9.59 Å². The molecule has 2 aromatic rings. The zero-order chi connectivity index (χ0) is 23.1. The molecule has 1 aliphatic rings. The number of hydrogen-bond acceptors (Lipinski definition) is 3. The monoisotopic (exact) mass is 435 g/mol. The van der Waals surface area contributed by atoms with Crippen LogP contribution >= 0.6 is 0 Å². The van der Waals surface area contributed by atoms with Crippen LogP contribution < -0.4 is 15.5 Å². The number of anilines is 2. The number of amides is 2. The van der Waals surface area contributed by atoms with Crippen LogP contribution in [0.3, 0.4) is 0 Å². The second-order valence-corrected chi connectivity index (χ2v) is 10.2. The molecular weight excluding hydrogens is 398 g/mol. The van der Waals surface area contributed by atoms with E-state index >= 15 is 0 Å². The van der Waals surface area contributed by atoms with Gasteiger partial charge in [-0.05, 0) is 54.4 Å². The van der Waals surface area contributed by atoms with Crippen molar-refractivity contribution in [1.82, 2.24) is 5.32 Å². The van der Waals surface area contributed by atoms with Crippen LogP contribution in [0, 0.1) is 11.3 Å². The maximum Gasteiger partial charge on any atom is 0.253 e. The lowest BCUT2D eigenvalue weighted by molar-refractivity contribution is -0.117. The Labute approximate surface area is 192 Å². The van der Waals surface area contributed by atoms with Crippen molar-refractivity contribution in [3.05, 3.63) is 59.7 Å². The smallest absolute Gasteiger partial charge is 0.253 e. The minimum Gasteiger partial charge on any atom is -0.371 e. The van der Waals surface area contributed by atoms with E-state index in [4.69, 9.17) is 0 Å². The molecule has 2 N–H and O–H groups in total. The average molecular weight is 436 g/mol. The first-order chi connectivity index (χ1) is 15.2. The van der Waals surface area contributed by atoms with Gasteiger partial charge in [0, 0.05) is 37.4 Å². The van der Waals surface area contributed by atoms with Crippen LogP contribution in [0.4, 0.5) is 11.4 Å². The Kier molecular flexibility index (Phi) is 7.94. The lowest BCUT2D eigenvalue weighted by atomic mass is 9.84. The Morgan fingerprint density at radius 2 is 1.72 bits per heavy atom. The number of nitrogens with zero attached hydrogens (tertiary/aromatic N) is 1. The summed E-state index contributed by atoms with van der Waals surface area (Å²) >= 11 is 0. The van der Waals surface area contributed by atoms with Crippen molar-refractivity contribution in [2.24, 2.45) is 11.3 Å². The van der Waals surface area contributed by atoms with Gasteiger partial charge in [0.2, 0.25) is 5.91 Å². The van der Waals surface area contributed by atoms with E-state index in [0.29, 0.717) is 30.1 Å². The van der Waals surface area contributed by atoms with Gasteiger partial charge in [-0.2, -0.15) is 0 Å². The molecule has 1 atom stereocenters. The average Bonchev–Trinajstić information content (AvgIpc) is 3.26. The first-order valence-electron chi connectivity index (χ1n) is 11.7. The van der Waals surface area contributed by atoms with E-state index in [2.05, 4.69) is 43.2 Å². The van der Waals surface area contributed by atoms with Gasteiger partial charge < -0.3 is 15.5 Å². The van der Waals surface area contributed by atoms with E-state index < -0.39 is 0 Å². The largest absolute Gasteiger partial charge is 0.371 e. The molecule has 1 aliphatic heterocycles. The molecule has 3 rings (SSSR count). The number of benzene rings is 2. The van der Waals surface area contributed by atoms with Crippen LogP contribution in [0.5, 0.6) is 0 Å². The summed E-state index contributed by atoms with van der Waals surface area (Å²) in [5, 5.41) is 6.05. The third-order valence-corrected chi connectivity index (χ3v) is 5.76. The number of rotatable bonds is 8. The van der Waals surface area contributed by atoms with Gasteiger partial charge in [0.25, 0.3) is 5.91 Å². The molecule has 0 radical (unpaired) electrons. The molecular formula is C27H37N3O2. The topological polar surface area (TPSA) is 61.4 Å². The molecule has 0 spiro atoms. The lowest BCUT2D eigenvalue weighted by Crippen LogP contribution is -2.27. The molecule has 0 aliphatic carbocycles. The highest BCUT2D eigenvalue weighted by atomic mass is 16.2. The molecule has 1 fully saturated rings. The molecule has 1 heterocycles. The Hall–Kier alpha value is -2.82. The highest BCUT2D eigenvalue weighted by Crippen LogP contribution is 2.29. The highest BCUT2D eigenvalue weighted by molar-refractivity contribution is 6.02. The summed E-state index contributed by atoms with van der Waals surface area (Å²) in [6.45, 7) is 11.1. The van der Waals surface area contributed by atoms with Crippen molar-refractivity contribution in [2.75, 3.05) is 23.3 Å². The predicted octanol–water partition coefficient (Wildman–Crippen LogP) is 5.62. The lowest BCUT2D eigenvalue weighted by Gasteiger charge is -2.23. The second kappa shape index (κ2) is 10.7. The fraction of sp³-hybridized carbons (Fsp3) is 0.481. The standard InChI is InChI=1S/C27H37N3O2/c1-20(18-27(2,3)4)16-25(31)29-22-12-13-24(30-14-8-9-15-30)23(17-22)26(32)28-19-21-10-6-5-7-11-21/h5-7,10-13,17,20H,8-9,14-16,18-19H2,1-4H3,(H,28,32)(H,29,31). The first kappa shape index (κ1) is 23.8. The van der Waals surface area contributed by atoms with Crippen LogP contribution in [-0.2, 0) is 11.3 Å².